The number of hydrogen-bond donors (Lipinski definition) is 1. The molecule has 3 atom stereocenters. The second-order valence-corrected chi connectivity index (χ2v) is 6.94. The molecule has 0 aromatic heterocycles. The minimum absolute atomic E-state index is 0.0197. The quantitative estimate of drug-likeness (QED) is 0.891. The van der Waals surface area contributed by atoms with Gasteiger partial charge in [0.1, 0.15) is 0 Å². The Morgan fingerprint density at radius 1 is 1.21 bits per heavy atom. The maximum atomic E-state index is 12.7. The fraction of sp³-hybridized carbons (Fsp3) is 0.471. The summed E-state index contributed by atoms with van der Waals surface area (Å²) in [7, 11) is 3.42. The lowest BCUT2D eigenvalue weighted by Gasteiger charge is -2.26. The number of likely N-dealkylation sites (N-methyl/N-ethyl adjacent to an activating group) is 1. The van der Waals surface area contributed by atoms with Crippen LogP contribution in [0.4, 0.5) is 0 Å². The second-order valence-electron chi connectivity index (χ2n) is 6.50. The van der Waals surface area contributed by atoms with Gasteiger partial charge in [-0.15, -0.1) is 0 Å². The van der Waals surface area contributed by atoms with E-state index in [0.717, 1.165) is 5.56 Å². The molecule has 1 aromatic carbocycles. The molecule has 24 heavy (non-hydrogen) atoms. The zero-order valence-electron chi connectivity index (χ0n) is 13.7. The lowest BCUT2D eigenvalue weighted by Crippen LogP contribution is -2.41. The van der Waals surface area contributed by atoms with E-state index >= 15 is 0 Å². The van der Waals surface area contributed by atoms with Crippen LogP contribution in [0.1, 0.15) is 24.4 Å². The summed E-state index contributed by atoms with van der Waals surface area (Å²) in [6.45, 7) is 0.503. The monoisotopic (exact) mass is 349 g/mol. The number of likely N-dealkylation sites (tertiary alicyclic amines) is 2. The highest BCUT2D eigenvalue weighted by atomic mass is 35.5. The Balaban J connectivity index is 1.78. The third kappa shape index (κ3) is 3.11. The first-order chi connectivity index (χ1) is 11.4. The average molecular weight is 350 g/mol. The molecule has 2 saturated heterocycles. The molecular weight excluding hydrogens is 330 g/mol. The van der Waals surface area contributed by atoms with Crippen molar-refractivity contribution in [3.05, 3.63) is 34.9 Å². The number of amides is 3. The smallest absolute Gasteiger partial charge is 0.226 e. The number of carbonyl (C=O) groups is 3. The molecule has 2 aliphatic heterocycles. The van der Waals surface area contributed by atoms with Gasteiger partial charge in [0.15, 0.2) is 0 Å². The molecule has 2 aliphatic rings. The van der Waals surface area contributed by atoms with Gasteiger partial charge < -0.3 is 15.1 Å². The normalized spacial score (nSPS) is 27.0. The van der Waals surface area contributed by atoms with Crippen molar-refractivity contribution in [2.24, 2.45) is 5.92 Å². The molecule has 1 aromatic rings. The van der Waals surface area contributed by atoms with Crippen molar-refractivity contribution in [2.75, 3.05) is 20.6 Å². The zero-order valence-corrected chi connectivity index (χ0v) is 14.4. The Labute approximate surface area is 145 Å². The molecule has 0 bridgehead atoms. The standard InChI is InChI=1S/C17H20ClN3O3/c1-20-9-12(7-14(20)22)19-17(24)13-8-15(23)21(2)16(13)10-4-3-5-11(18)6-10/h3-6,12-13,16H,7-9H2,1-2H3,(H,19,24)/t12-,13-,16+/m1/s1. The van der Waals surface area contributed by atoms with Crippen LogP contribution < -0.4 is 5.32 Å². The van der Waals surface area contributed by atoms with Crippen LogP contribution in [-0.2, 0) is 14.4 Å². The van der Waals surface area contributed by atoms with Crippen LogP contribution in [0, 0.1) is 5.92 Å². The van der Waals surface area contributed by atoms with Crippen LogP contribution in [-0.4, -0.2) is 54.2 Å². The van der Waals surface area contributed by atoms with Crippen molar-refractivity contribution in [2.45, 2.75) is 24.9 Å². The fourth-order valence-corrected chi connectivity index (χ4v) is 3.72. The summed E-state index contributed by atoms with van der Waals surface area (Å²) in [6, 6.07) is 6.69. The van der Waals surface area contributed by atoms with Gasteiger partial charge in [-0.3, -0.25) is 14.4 Å². The van der Waals surface area contributed by atoms with E-state index in [4.69, 9.17) is 11.6 Å². The molecule has 0 spiro atoms. The molecule has 7 heteroatoms. The van der Waals surface area contributed by atoms with E-state index in [0.29, 0.717) is 18.0 Å². The number of benzene rings is 1. The predicted molar refractivity (Wildman–Crippen MR) is 89.3 cm³/mol. The maximum Gasteiger partial charge on any atom is 0.226 e. The Morgan fingerprint density at radius 3 is 2.58 bits per heavy atom. The average Bonchev–Trinajstić information content (AvgIpc) is 2.99. The zero-order chi connectivity index (χ0) is 17.4. The molecule has 3 amide bonds. The van der Waals surface area contributed by atoms with Crippen LogP contribution in [0.15, 0.2) is 24.3 Å². The number of hydrogen-bond acceptors (Lipinski definition) is 3. The van der Waals surface area contributed by atoms with Gasteiger partial charge in [-0.25, -0.2) is 0 Å². The van der Waals surface area contributed by atoms with Crippen molar-refractivity contribution in [3.63, 3.8) is 0 Å². The first kappa shape index (κ1) is 16.8. The van der Waals surface area contributed by atoms with Crippen LogP contribution in [0.2, 0.25) is 5.02 Å². The molecule has 2 fully saturated rings. The summed E-state index contributed by atoms with van der Waals surface area (Å²) in [5.41, 5.74) is 0.843. The number of carbonyl (C=O) groups excluding carboxylic acids is 3. The van der Waals surface area contributed by atoms with E-state index in [9.17, 15) is 14.4 Å². The molecule has 0 radical (unpaired) electrons. The van der Waals surface area contributed by atoms with Crippen LogP contribution >= 0.6 is 11.6 Å². The lowest BCUT2D eigenvalue weighted by molar-refractivity contribution is -0.128. The third-order valence-corrected chi connectivity index (χ3v) is 5.04. The molecule has 3 rings (SSSR count). The van der Waals surface area contributed by atoms with E-state index in [-0.39, 0.29) is 36.2 Å². The third-order valence-electron chi connectivity index (χ3n) is 4.80. The Kier molecular flexibility index (Phi) is 4.49. The summed E-state index contributed by atoms with van der Waals surface area (Å²) in [4.78, 5) is 39.7. The van der Waals surface area contributed by atoms with E-state index < -0.39 is 5.92 Å². The molecule has 0 aliphatic carbocycles. The number of nitrogens with zero attached hydrogens (tertiary/aromatic N) is 2. The molecule has 6 nitrogen and oxygen atoms in total. The Hall–Kier alpha value is -2.08. The lowest BCUT2D eigenvalue weighted by atomic mass is 9.92. The van der Waals surface area contributed by atoms with Crippen LogP contribution in [0.3, 0.4) is 0 Å². The molecule has 0 saturated carbocycles. The summed E-state index contributed by atoms with van der Waals surface area (Å²) in [6.07, 6.45) is 0.469. The molecule has 0 unspecified atom stereocenters. The largest absolute Gasteiger partial charge is 0.351 e. The van der Waals surface area contributed by atoms with Gasteiger partial charge in [-0.1, -0.05) is 23.7 Å². The van der Waals surface area contributed by atoms with Crippen molar-refractivity contribution in [1.29, 1.82) is 0 Å². The van der Waals surface area contributed by atoms with Gasteiger partial charge in [0.2, 0.25) is 17.7 Å². The fourth-order valence-electron chi connectivity index (χ4n) is 3.52. The van der Waals surface area contributed by atoms with Gasteiger partial charge in [-0.05, 0) is 17.7 Å². The van der Waals surface area contributed by atoms with Crippen molar-refractivity contribution in [3.8, 4) is 0 Å². The van der Waals surface area contributed by atoms with Gasteiger partial charge in [-0.2, -0.15) is 0 Å². The van der Waals surface area contributed by atoms with Gasteiger partial charge >= 0.3 is 0 Å². The highest BCUT2D eigenvalue weighted by molar-refractivity contribution is 6.30. The first-order valence-corrected chi connectivity index (χ1v) is 8.30. The van der Waals surface area contributed by atoms with E-state index in [1.807, 2.05) is 12.1 Å². The second kappa shape index (κ2) is 6.43. The Bertz CT molecular complexity index is 693. The minimum Gasteiger partial charge on any atom is -0.351 e. The van der Waals surface area contributed by atoms with E-state index in [1.165, 1.54) is 0 Å². The molecule has 1 N–H and O–H groups in total. The molecule has 2 heterocycles. The van der Waals surface area contributed by atoms with Crippen LogP contribution in [0.25, 0.3) is 0 Å². The summed E-state index contributed by atoms with van der Waals surface area (Å²) < 4.78 is 0. The minimum atomic E-state index is -0.484. The van der Waals surface area contributed by atoms with Gasteiger partial charge in [0, 0.05) is 38.5 Å². The van der Waals surface area contributed by atoms with Crippen LogP contribution in [0.5, 0.6) is 0 Å². The number of rotatable bonds is 3. The predicted octanol–water partition coefficient (Wildman–Crippen LogP) is 1.21. The molecule has 128 valence electrons. The summed E-state index contributed by atoms with van der Waals surface area (Å²) in [5, 5.41) is 3.50. The topological polar surface area (TPSA) is 69.7 Å². The molecular formula is C17H20ClN3O3. The van der Waals surface area contributed by atoms with Crippen molar-refractivity contribution in [1.82, 2.24) is 15.1 Å². The summed E-state index contributed by atoms with van der Waals surface area (Å²) in [5.74, 6) is -0.723. The van der Waals surface area contributed by atoms with E-state index in [2.05, 4.69) is 5.32 Å². The highest BCUT2D eigenvalue weighted by Gasteiger charge is 2.43. The highest BCUT2D eigenvalue weighted by Crippen LogP contribution is 2.38. The maximum absolute atomic E-state index is 12.7. The van der Waals surface area contributed by atoms with Gasteiger partial charge in [0.25, 0.3) is 0 Å². The SMILES string of the molecule is CN1C[C@H](NC(=O)[C@@H]2CC(=O)N(C)[C@H]2c2cccc(Cl)c2)CC1=O. The van der Waals surface area contributed by atoms with Crippen molar-refractivity contribution < 1.29 is 14.4 Å². The summed E-state index contributed by atoms with van der Waals surface area (Å²) >= 11 is 6.06. The Morgan fingerprint density at radius 2 is 1.96 bits per heavy atom. The first-order valence-electron chi connectivity index (χ1n) is 7.92. The number of halogens is 1. The number of nitrogens with one attached hydrogen (secondary N) is 1. The van der Waals surface area contributed by atoms with E-state index in [1.54, 1.807) is 36.0 Å². The van der Waals surface area contributed by atoms with Crippen molar-refractivity contribution >= 4 is 29.3 Å². The van der Waals surface area contributed by atoms with Gasteiger partial charge in [0.05, 0.1) is 18.0 Å².